The van der Waals surface area contributed by atoms with Crippen LogP contribution in [0.2, 0.25) is 0 Å². The minimum atomic E-state index is -0.206. The Balaban J connectivity index is 1.69. The van der Waals surface area contributed by atoms with E-state index in [4.69, 9.17) is 0 Å². The van der Waals surface area contributed by atoms with E-state index in [0.29, 0.717) is 11.3 Å². The number of hydrogen-bond acceptors (Lipinski definition) is 7. The van der Waals surface area contributed by atoms with Crippen LogP contribution >= 0.6 is 34.9 Å². The van der Waals surface area contributed by atoms with E-state index >= 15 is 0 Å². The summed E-state index contributed by atoms with van der Waals surface area (Å²) in [6.45, 7) is 1.84. The first kappa shape index (κ1) is 15.5. The van der Waals surface area contributed by atoms with Crippen LogP contribution in [0, 0.1) is 0 Å². The molecule has 5 nitrogen and oxygen atoms in total. The van der Waals surface area contributed by atoms with Crippen molar-refractivity contribution in [2.45, 2.75) is 21.5 Å². The Labute approximate surface area is 140 Å². The van der Waals surface area contributed by atoms with Crippen molar-refractivity contribution in [2.24, 2.45) is 0 Å². The van der Waals surface area contributed by atoms with Gasteiger partial charge in [0.25, 0.3) is 0 Å². The molecule has 2 heterocycles. The third-order valence-electron chi connectivity index (χ3n) is 3.38. The van der Waals surface area contributed by atoms with E-state index in [-0.39, 0.29) is 17.6 Å². The van der Waals surface area contributed by atoms with E-state index in [0.717, 1.165) is 19.9 Å². The highest BCUT2D eigenvalue weighted by atomic mass is 32.2. The van der Waals surface area contributed by atoms with E-state index in [2.05, 4.69) is 15.5 Å². The smallest absolute Gasteiger partial charge is 0.231 e. The largest absolute Gasteiger partial charge is 0.325 e. The molecule has 1 aromatic carbocycles. The molecule has 1 atom stereocenters. The molecule has 8 heteroatoms. The van der Waals surface area contributed by atoms with Crippen molar-refractivity contribution < 1.29 is 9.59 Å². The number of nitrogens with zero attached hydrogens (tertiary/aromatic N) is 2. The van der Waals surface area contributed by atoms with Crippen molar-refractivity contribution in [3.8, 4) is 0 Å². The highest BCUT2D eigenvalue weighted by Crippen LogP contribution is 2.33. The zero-order valence-corrected chi connectivity index (χ0v) is 14.4. The Hall–Kier alpha value is -1.38. The second-order valence-corrected chi connectivity index (χ2v) is 8.02. The molecule has 0 unspecified atom stereocenters. The Kier molecular flexibility index (Phi) is 4.51. The van der Waals surface area contributed by atoms with E-state index in [1.165, 1.54) is 23.1 Å². The number of rotatable bonds is 5. The average Bonchev–Trinajstić information content (AvgIpc) is 3.10. The number of Topliss-reactive ketones (excluding diaryl/α,β-unsaturated/α-hetero) is 1. The van der Waals surface area contributed by atoms with Gasteiger partial charge in [-0.15, -0.1) is 10.2 Å². The molecule has 1 aliphatic heterocycles. The molecule has 114 valence electrons. The number of amides is 1. The van der Waals surface area contributed by atoms with Gasteiger partial charge in [0.1, 0.15) is 0 Å². The summed E-state index contributed by atoms with van der Waals surface area (Å²) in [7, 11) is 0. The monoisotopic (exact) mass is 351 g/mol. The summed E-state index contributed by atoms with van der Waals surface area (Å²) in [5.74, 6) is 0.118. The maximum absolute atomic E-state index is 12.3. The zero-order valence-electron chi connectivity index (χ0n) is 12.0. The van der Waals surface area contributed by atoms with Crippen molar-refractivity contribution in [2.75, 3.05) is 17.3 Å². The van der Waals surface area contributed by atoms with Crippen LogP contribution in [-0.4, -0.2) is 33.9 Å². The molecule has 1 N–H and O–H groups in total. The van der Waals surface area contributed by atoms with Crippen LogP contribution in [-0.2, 0) is 4.79 Å². The molecule has 1 aliphatic rings. The molecule has 2 aromatic rings. The molecule has 1 amide bonds. The first-order valence-corrected chi connectivity index (χ1v) is 9.59. The molecule has 0 saturated carbocycles. The van der Waals surface area contributed by atoms with Gasteiger partial charge in [-0.2, -0.15) is 0 Å². The van der Waals surface area contributed by atoms with Crippen LogP contribution < -0.4 is 5.32 Å². The van der Waals surface area contributed by atoms with Crippen LogP contribution in [0.25, 0.3) is 0 Å². The highest BCUT2D eigenvalue weighted by Gasteiger charge is 2.27. The summed E-state index contributed by atoms with van der Waals surface area (Å²) in [4.78, 5) is 23.9. The van der Waals surface area contributed by atoms with Gasteiger partial charge < -0.3 is 5.32 Å². The number of benzene rings is 1. The zero-order chi connectivity index (χ0) is 15.7. The van der Waals surface area contributed by atoms with Gasteiger partial charge in [-0.1, -0.05) is 34.9 Å². The lowest BCUT2D eigenvalue weighted by Crippen LogP contribution is -2.08. The first-order chi connectivity index (χ1) is 10.6. The number of ketones is 1. The SMILES string of the molecule is CSc1nnc(SCC(=O)c2ccc3c(c2)[C@H](C)C(=O)N3)s1. The second kappa shape index (κ2) is 6.39. The lowest BCUT2D eigenvalue weighted by atomic mass is 9.99. The van der Waals surface area contributed by atoms with Gasteiger partial charge in [0.2, 0.25) is 5.91 Å². The third kappa shape index (κ3) is 3.04. The quantitative estimate of drug-likeness (QED) is 0.658. The summed E-state index contributed by atoms with van der Waals surface area (Å²) in [5.41, 5.74) is 2.32. The number of nitrogens with one attached hydrogen (secondary N) is 1. The number of carbonyl (C=O) groups excluding carboxylic acids is 2. The predicted molar refractivity (Wildman–Crippen MR) is 90.2 cm³/mol. The fraction of sp³-hybridized carbons (Fsp3) is 0.286. The molecule has 22 heavy (non-hydrogen) atoms. The first-order valence-electron chi connectivity index (χ1n) is 6.57. The van der Waals surface area contributed by atoms with Gasteiger partial charge >= 0.3 is 0 Å². The van der Waals surface area contributed by atoms with Crippen LogP contribution in [0.3, 0.4) is 0 Å². The maximum atomic E-state index is 12.3. The van der Waals surface area contributed by atoms with E-state index in [9.17, 15) is 9.59 Å². The number of fused-ring (bicyclic) bond motifs is 1. The molecule has 0 radical (unpaired) electrons. The van der Waals surface area contributed by atoms with Crippen LogP contribution in [0.15, 0.2) is 26.9 Å². The molecule has 0 fully saturated rings. The fourth-order valence-corrected chi connectivity index (χ4v) is 4.47. The van der Waals surface area contributed by atoms with Crippen molar-refractivity contribution in [3.05, 3.63) is 29.3 Å². The molecule has 0 saturated heterocycles. The highest BCUT2D eigenvalue weighted by molar-refractivity contribution is 8.03. The van der Waals surface area contributed by atoms with Gasteiger partial charge in [-0.3, -0.25) is 9.59 Å². The van der Waals surface area contributed by atoms with Gasteiger partial charge in [0, 0.05) is 11.3 Å². The summed E-state index contributed by atoms with van der Waals surface area (Å²) in [5, 5.41) is 10.8. The van der Waals surface area contributed by atoms with Gasteiger partial charge in [0.05, 0.1) is 11.7 Å². The van der Waals surface area contributed by atoms with E-state index in [1.807, 2.05) is 19.2 Å². The Morgan fingerprint density at radius 3 is 2.86 bits per heavy atom. The normalized spacial score (nSPS) is 16.5. The van der Waals surface area contributed by atoms with Crippen LogP contribution in [0.5, 0.6) is 0 Å². The minimum absolute atomic E-state index is 0.0209. The Morgan fingerprint density at radius 1 is 1.36 bits per heavy atom. The summed E-state index contributed by atoms with van der Waals surface area (Å²) < 4.78 is 1.69. The topological polar surface area (TPSA) is 72.0 Å². The van der Waals surface area contributed by atoms with Crippen molar-refractivity contribution in [1.29, 1.82) is 0 Å². The number of thioether (sulfide) groups is 2. The van der Waals surface area contributed by atoms with Crippen molar-refractivity contribution in [1.82, 2.24) is 10.2 Å². The second-order valence-electron chi connectivity index (χ2n) is 4.76. The fourth-order valence-electron chi connectivity index (χ4n) is 2.14. The van der Waals surface area contributed by atoms with Crippen LogP contribution in [0.4, 0.5) is 5.69 Å². The summed E-state index contributed by atoms with van der Waals surface area (Å²) in [6.07, 6.45) is 1.95. The standard InChI is InChI=1S/C14H13N3O2S3/c1-7-9-5-8(3-4-10(9)15-12(7)19)11(18)6-21-14-17-16-13(20-2)22-14/h3-5,7H,6H2,1-2H3,(H,15,19)/t7-/m0/s1. The summed E-state index contributed by atoms with van der Waals surface area (Å²) >= 11 is 4.42. The molecule has 1 aromatic heterocycles. The van der Waals surface area contributed by atoms with Gasteiger partial charge in [0.15, 0.2) is 14.5 Å². The number of anilines is 1. The lowest BCUT2D eigenvalue weighted by Gasteiger charge is -2.04. The third-order valence-corrected chi connectivity index (χ3v) is 6.41. The lowest BCUT2D eigenvalue weighted by molar-refractivity contribution is -0.116. The Bertz CT molecular complexity index is 745. The predicted octanol–water partition coefficient (Wildman–Crippen LogP) is 3.29. The molecule has 0 aliphatic carbocycles. The molecular formula is C14H13N3O2S3. The van der Waals surface area contributed by atoms with Gasteiger partial charge in [-0.05, 0) is 36.9 Å². The minimum Gasteiger partial charge on any atom is -0.325 e. The molecular weight excluding hydrogens is 338 g/mol. The molecule has 3 rings (SSSR count). The number of aromatic nitrogens is 2. The van der Waals surface area contributed by atoms with Gasteiger partial charge in [-0.25, -0.2) is 0 Å². The van der Waals surface area contributed by atoms with E-state index in [1.54, 1.807) is 23.9 Å². The Morgan fingerprint density at radius 2 is 2.14 bits per heavy atom. The average molecular weight is 351 g/mol. The molecule has 0 bridgehead atoms. The number of carbonyl (C=O) groups is 2. The summed E-state index contributed by atoms with van der Waals surface area (Å²) in [6, 6.07) is 5.37. The van der Waals surface area contributed by atoms with Crippen molar-refractivity contribution >= 4 is 52.2 Å². The maximum Gasteiger partial charge on any atom is 0.231 e. The molecule has 0 spiro atoms. The number of hydrogen-bond donors (Lipinski definition) is 1. The van der Waals surface area contributed by atoms with Crippen molar-refractivity contribution in [3.63, 3.8) is 0 Å². The van der Waals surface area contributed by atoms with Crippen LogP contribution in [0.1, 0.15) is 28.8 Å². The van der Waals surface area contributed by atoms with E-state index < -0.39 is 0 Å².